The minimum atomic E-state index is -0.304. The molecule has 0 radical (unpaired) electrons. The summed E-state index contributed by atoms with van der Waals surface area (Å²) in [5, 5.41) is 3.27. The van der Waals surface area contributed by atoms with E-state index in [0.29, 0.717) is 16.1 Å². The third-order valence-corrected chi connectivity index (χ3v) is 3.40. The molecule has 1 aromatic rings. The fourth-order valence-corrected chi connectivity index (χ4v) is 2.31. The highest BCUT2D eigenvalue weighted by molar-refractivity contribution is 9.10. The number of ether oxygens (including phenoxy) is 1. The van der Waals surface area contributed by atoms with Gasteiger partial charge in [-0.05, 0) is 35.0 Å². The first-order valence-electron chi connectivity index (χ1n) is 4.96. The van der Waals surface area contributed by atoms with Gasteiger partial charge in [-0.15, -0.1) is 0 Å². The van der Waals surface area contributed by atoms with E-state index in [0.717, 1.165) is 25.1 Å². The lowest BCUT2D eigenvalue weighted by Gasteiger charge is -2.15. The number of methoxy groups -OCH3 is 1. The van der Waals surface area contributed by atoms with Crippen LogP contribution in [0.3, 0.4) is 0 Å². The number of benzene rings is 1. The van der Waals surface area contributed by atoms with Crippen LogP contribution in [0.1, 0.15) is 17.9 Å². The summed E-state index contributed by atoms with van der Waals surface area (Å²) in [6.45, 7) is 1.89. The first kappa shape index (κ1) is 10.9. The van der Waals surface area contributed by atoms with Gasteiger partial charge in [0.05, 0.1) is 11.6 Å². The van der Waals surface area contributed by atoms with Crippen LogP contribution in [0.5, 0.6) is 5.75 Å². The van der Waals surface area contributed by atoms with Crippen LogP contribution in [0.25, 0.3) is 0 Å². The maximum absolute atomic E-state index is 13.7. The van der Waals surface area contributed by atoms with E-state index in [1.807, 2.05) is 6.07 Å². The normalized spacial score (nSPS) is 20.6. The van der Waals surface area contributed by atoms with Crippen molar-refractivity contribution in [2.75, 3.05) is 20.2 Å². The van der Waals surface area contributed by atoms with Crippen molar-refractivity contribution in [3.05, 3.63) is 28.0 Å². The largest absolute Gasteiger partial charge is 0.493 e. The number of hydrogen-bond acceptors (Lipinski definition) is 2. The van der Waals surface area contributed by atoms with Crippen molar-refractivity contribution >= 4 is 15.9 Å². The second kappa shape index (κ2) is 4.49. The van der Waals surface area contributed by atoms with Crippen LogP contribution in [0.2, 0.25) is 0 Å². The van der Waals surface area contributed by atoms with E-state index in [1.165, 1.54) is 7.11 Å². The first-order valence-corrected chi connectivity index (χ1v) is 5.76. The van der Waals surface area contributed by atoms with Gasteiger partial charge in [0, 0.05) is 18.0 Å². The molecular formula is C11H13BrFNO. The molecule has 1 saturated heterocycles. The topological polar surface area (TPSA) is 21.3 Å². The molecule has 1 heterocycles. The van der Waals surface area contributed by atoms with E-state index >= 15 is 0 Å². The maximum Gasteiger partial charge on any atom is 0.179 e. The Balaban J connectivity index is 2.41. The molecule has 1 aromatic carbocycles. The SMILES string of the molecule is COc1c(C2CCNC2)ccc(Br)c1F. The summed E-state index contributed by atoms with van der Waals surface area (Å²) in [4.78, 5) is 0. The fraction of sp³-hybridized carbons (Fsp3) is 0.455. The molecule has 1 atom stereocenters. The van der Waals surface area contributed by atoms with Crippen molar-refractivity contribution in [2.45, 2.75) is 12.3 Å². The summed E-state index contributed by atoms with van der Waals surface area (Å²) in [6.07, 6.45) is 1.04. The molecule has 1 aliphatic rings. The molecule has 0 aromatic heterocycles. The Morgan fingerprint density at radius 2 is 2.33 bits per heavy atom. The Morgan fingerprint density at radius 3 is 2.93 bits per heavy atom. The Labute approximate surface area is 96.9 Å². The average molecular weight is 274 g/mol. The van der Waals surface area contributed by atoms with E-state index in [9.17, 15) is 4.39 Å². The van der Waals surface area contributed by atoms with Gasteiger partial charge < -0.3 is 10.1 Å². The van der Waals surface area contributed by atoms with Gasteiger partial charge in [0.15, 0.2) is 11.6 Å². The van der Waals surface area contributed by atoms with Gasteiger partial charge >= 0.3 is 0 Å². The van der Waals surface area contributed by atoms with E-state index in [1.54, 1.807) is 6.07 Å². The maximum atomic E-state index is 13.7. The summed E-state index contributed by atoms with van der Waals surface area (Å²) in [7, 11) is 1.51. The Hall–Kier alpha value is -0.610. The molecule has 4 heteroatoms. The summed E-state index contributed by atoms with van der Waals surface area (Å²) in [6, 6.07) is 3.68. The quantitative estimate of drug-likeness (QED) is 0.895. The van der Waals surface area contributed by atoms with Crippen molar-refractivity contribution < 1.29 is 9.13 Å². The van der Waals surface area contributed by atoms with E-state index in [4.69, 9.17) is 4.74 Å². The molecule has 1 aliphatic heterocycles. The molecule has 2 rings (SSSR count). The highest BCUT2D eigenvalue weighted by atomic mass is 79.9. The van der Waals surface area contributed by atoms with Gasteiger partial charge in [-0.2, -0.15) is 0 Å². The van der Waals surface area contributed by atoms with Crippen molar-refractivity contribution in [1.29, 1.82) is 0 Å². The molecule has 0 aliphatic carbocycles. The minimum Gasteiger partial charge on any atom is -0.493 e. The van der Waals surface area contributed by atoms with E-state index in [2.05, 4.69) is 21.2 Å². The molecule has 0 saturated carbocycles. The van der Waals surface area contributed by atoms with Crippen LogP contribution in [-0.4, -0.2) is 20.2 Å². The van der Waals surface area contributed by atoms with Crippen molar-refractivity contribution in [1.82, 2.24) is 5.32 Å². The minimum absolute atomic E-state index is 0.304. The van der Waals surface area contributed by atoms with Gasteiger partial charge in [-0.25, -0.2) is 4.39 Å². The zero-order valence-electron chi connectivity index (χ0n) is 8.52. The van der Waals surface area contributed by atoms with Crippen LogP contribution in [-0.2, 0) is 0 Å². The van der Waals surface area contributed by atoms with Crippen LogP contribution in [0.4, 0.5) is 4.39 Å². The highest BCUT2D eigenvalue weighted by Crippen LogP contribution is 2.35. The van der Waals surface area contributed by atoms with Gasteiger partial charge in [-0.3, -0.25) is 0 Å². The molecule has 1 unspecified atom stereocenters. The first-order chi connectivity index (χ1) is 7.24. The molecule has 2 nitrogen and oxygen atoms in total. The molecule has 1 N–H and O–H groups in total. The number of nitrogens with one attached hydrogen (secondary N) is 1. The lowest BCUT2D eigenvalue weighted by Crippen LogP contribution is -2.09. The summed E-state index contributed by atoms with van der Waals surface area (Å²) in [5.74, 6) is 0.433. The Bertz CT molecular complexity index is 364. The third-order valence-electron chi connectivity index (χ3n) is 2.78. The molecule has 1 fully saturated rings. The predicted molar refractivity (Wildman–Crippen MR) is 60.9 cm³/mol. The Morgan fingerprint density at radius 1 is 1.53 bits per heavy atom. The number of rotatable bonds is 2. The van der Waals surface area contributed by atoms with Gasteiger partial charge in [0.25, 0.3) is 0 Å². The lowest BCUT2D eigenvalue weighted by molar-refractivity contribution is 0.377. The number of hydrogen-bond donors (Lipinski definition) is 1. The number of halogens is 2. The van der Waals surface area contributed by atoms with Gasteiger partial charge in [0.2, 0.25) is 0 Å². The third kappa shape index (κ3) is 2.01. The van der Waals surface area contributed by atoms with Gasteiger partial charge in [-0.1, -0.05) is 6.07 Å². The van der Waals surface area contributed by atoms with Crippen LogP contribution in [0.15, 0.2) is 16.6 Å². The lowest BCUT2D eigenvalue weighted by atomic mass is 9.97. The predicted octanol–water partition coefficient (Wildman–Crippen LogP) is 2.67. The van der Waals surface area contributed by atoms with Crippen molar-refractivity contribution in [3.8, 4) is 5.75 Å². The average Bonchev–Trinajstić information content (AvgIpc) is 2.75. The second-order valence-corrected chi connectivity index (χ2v) is 4.53. The van der Waals surface area contributed by atoms with Crippen LogP contribution >= 0.6 is 15.9 Å². The van der Waals surface area contributed by atoms with E-state index in [-0.39, 0.29) is 5.82 Å². The van der Waals surface area contributed by atoms with E-state index < -0.39 is 0 Å². The Kier molecular flexibility index (Phi) is 3.26. The van der Waals surface area contributed by atoms with Crippen molar-refractivity contribution in [3.63, 3.8) is 0 Å². The summed E-state index contributed by atoms with van der Waals surface area (Å²) in [5.41, 5.74) is 0.961. The standard InChI is InChI=1S/C11H13BrFNO/c1-15-11-8(7-4-5-14-6-7)2-3-9(12)10(11)13/h2-3,7,14H,4-6H2,1H3. The molecule has 0 amide bonds. The monoisotopic (exact) mass is 273 g/mol. The zero-order valence-corrected chi connectivity index (χ0v) is 10.1. The molecule has 82 valence electrons. The fourth-order valence-electron chi connectivity index (χ4n) is 2.00. The molecule has 0 bridgehead atoms. The zero-order chi connectivity index (χ0) is 10.8. The molecule has 0 spiro atoms. The second-order valence-electron chi connectivity index (χ2n) is 3.67. The van der Waals surface area contributed by atoms with Gasteiger partial charge in [0.1, 0.15) is 0 Å². The smallest absolute Gasteiger partial charge is 0.179 e. The molecular weight excluding hydrogens is 261 g/mol. The summed E-state index contributed by atoms with van der Waals surface area (Å²) < 4.78 is 19.3. The molecule has 15 heavy (non-hydrogen) atoms. The van der Waals surface area contributed by atoms with Crippen LogP contribution in [0, 0.1) is 5.82 Å². The highest BCUT2D eigenvalue weighted by Gasteiger charge is 2.23. The van der Waals surface area contributed by atoms with Crippen molar-refractivity contribution in [2.24, 2.45) is 0 Å². The summed E-state index contributed by atoms with van der Waals surface area (Å²) >= 11 is 3.16. The van der Waals surface area contributed by atoms with Crippen LogP contribution < -0.4 is 10.1 Å².